The van der Waals surface area contributed by atoms with E-state index in [1.165, 1.54) is 6.07 Å². The molecule has 1 aromatic carbocycles. The van der Waals surface area contributed by atoms with Crippen LogP contribution in [-0.4, -0.2) is 5.24 Å². The molecule has 0 bridgehead atoms. The van der Waals surface area contributed by atoms with Crippen LogP contribution in [0.1, 0.15) is 31.2 Å². The molecule has 0 unspecified atom stereocenters. The molecule has 1 aliphatic rings. The normalized spacial score (nSPS) is 18.7. The Kier molecular flexibility index (Phi) is 3.36. The minimum absolute atomic E-state index is 0.356. The topological polar surface area (TPSA) is 17.1 Å². The molecule has 0 aliphatic heterocycles. The highest BCUT2D eigenvalue weighted by atomic mass is 79.9. The second-order valence-corrected chi connectivity index (χ2v) is 5.36. The summed E-state index contributed by atoms with van der Waals surface area (Å²) in [6.45, 7) is 0. The highest BCUT2D eigenvalue weighted by molar-refractivity contribution is 9.10. The lowest BCUT2D eigenvalue weighted by Crippen LogP contribution is -2.31. The largest absolute Gasteiger partial charge is 0.280 e. The predicted octanol–water partition coefficient (Wildman–Crippen LogP) is 4.17. The zero-order valence-electron chi connectivity index (χ0n) is 8.60. The van der Waals surface area contributed by atoms with Crippen LogP contribution < -0.4 is 0 Å². The number of benzene rings is 1. The molecule has 1 nitrogen and oxygen atoms in total. The summed E-state index contributed by atoms with van der Waals surface area (Å²) in [6, 6.07) is 4.74. The molecule has 86 valence electrons. The first-order valence-electron chi connectivity index (χ1n) is 5.22. The highest BCUT2D eigenvalue weighted by Gasteiger charge is 2.44. The molecule has 0 amide bonds. The SMILES string of the molecule is O=C(Cl)C1(c2c(F)cccc2Br)CCCC1. The van der Waals surface area contributed by atoms with E-state index < -0.39 is 10.7 Å². The number of hydrogen-bond donors (Lipinski definition) is 0. The lowest BCUT2D eigenvalue weighted by molar-refractivity contribution is -0.116. The van der Waals surface area contributed by atoms with Crippen molar-refractivity contribution in [2.75, 3.05) is 0 Å². The Morgan fingerprint density at radius 3 is 2.50 bits per heavy atom. The third kappa shape index (κ3) is 1.80. The Bertz CT molecular complexity index is 407. The maximum Gasteiger partial charge on any atom is 0.232 e. The molecule has 2 rings (SSSR count). The van der Waals surface area contributed by atoms with Gasteiger partial charge in [-0.1, -0.05) is 34.8 Å². The average Bonchev–Trinajstić information content (AvgIpc) is 2.67. The molecule has 0 heterocycles. The second-order valence-electron chi connectivity index (χ2n) is 4.16. The standard InChI is InChI=1S/C12H11BrClFO/c13-8-4-3-5-9(15)10(8)12(11(14)16)6-1-2-7-12/h3-5H,1-2,6-7H2. The van der Waals surface area contributed by atoms with Crippen molar-refractivity contribution in [3.8, 4) is 0 Å². The number of hydrogen-bond acceptors (Lipinski definition) is 1. The molecular formula is C12H11BrClFO. The average molecular weight is 306 g/mol. The van der Waals surface area contributed by atoms with Crippen molar-refractivity contribution in [3.63, 3.8) is 0 Å². The van der Waals surface area contributed by atoms with Gasteiger partial charge in [-0.15, -0.1) is 0 Å². The van der Waals surface area contributed by atoms with E-state index in [0.717, 1.165) is 12.8 Å². The molecule has 1 aromatic rings. The zero-order chi connectivity index (χ0) is 11.8. The molecule has 1 saturated carbocycles. The van der Waals surface area contributed by atoms with Crippen LogP contribution >= 0.6 is 27.5 Å². The van der Waals surface area contributed by atoms with Crippen molar-refractivity contribution in [2.45, 2.75) is 31.1 Å². The first kappa shape index (κ1) is 12.1. The van der Waals surface area contributed by atoms with Crippen LogP contribution in [0.3, 0.4) is 0 Å². The van der Waals surface area contributed by atoms with E-state index in [1.807, 2.05) is 0 Å². The van der Waals surface area contributed by atoms with E-state index in [0.29, 0.717) is 22.9 Å². The van der Waals surface area contributed by atoms with Crippen molar-refractivity contribution in [3.05, 3.63) is 34.1 Å². The van der Waals surface area contributed by atoms with E-state index in [9.17, 15) is 9.18 Å². The fourth-order valence-electron chi connectivity index (χ4n) is 2.48. The Hall–Kier alpha value is -0.410. The quantitative estimate of drug-likeness (QED) is 0.750. The van der Waals surface area contributed by atoms with Crippen LogP contribution in [0.25, 0.3) is 0 Å². The Balaban J connectivity index is 2.60. The first-order chi connectivity index (χ1) is 7.58. The van der Waals surface area contributed by atoms with Crippen LogP contribution in [0.5, 0.6) is 0 Å². The summed E-state index contributed by atoms with van der Waals surface area (Å²) < 4.78 is 14.5. The molecule has 0 aromatic heterocycles. The minimum Gasteiger partial charge on any atom is -0.280 e. The molecule has 4 heteroatoms. The summed E-state index contributed by atoms with van der Waals surface area (Å²) in [5, 5.41) is -0.448. The number of halogens is 3. The van der Waals surface area contributed by atoms with Gasteiger partial charge in [-0.25, -0.2) is 4.39 Å². The summed E-state index contributed by atoms with van der Waals surface area (Å²) in [5.41, 5.74) is -0.404. The summed E-state index contributed by atoms with van der Waals surface area (Å²) in [6.07, 6.45) is 3.10. The molecule has 0 spiro atoms. The van der Waals surface area contributed by atoms with E-state index in [-0.39, 0.29) is 5.82 Å². The van der Waals surface area contributed by atoms with Crippen molar-refractivity contribution in [2.24, 2.45) is 0 Å². The maximum atomic E-state index is 13.9. The molecule has 0 N–H and O–H groups in total. The molecule has 1 aliphatic carbocycles. The van der Waals surface area contributed by atoms with Gasteiger partial charge in [-0.05, 0) is 36.6 Å². The molecule has 1 fully saturated rings. The number of rotatable bonds is 2. The van der Waals surface area contributed by atoms with E-state index in [2.05, 4.69) is 15.9 Å². The number of carbonyl (C=O) groups is 1. The van der Waals surface area contributed by atoms with Gasteiger partial charge in [0.15, 0.2) is 0 Å². The van der Waals surface area contributed by atoms with Gasteiger partial charge in [0.2, 0.25) is 5.24 Å². The minimum atomic E-state index is -0.828. The molecule has 16 heavy (non-hydrogen) atoms. The van der Waals surface area contributed by atoms with Gasteiger partial charge in [0.25, 0.3) is 0 Å². The molecule has 0 radical (unpaired) electrons. The first-order valence-corrected chi connectivity index (χ1v) is 6.39. The van der Waals surface area contributed by atoms with Gasteiger partial charge < -0.3 is 0 Å². The van der Waals surface area contributed by atoms with Crippen molar-refractivity contribution < 1.29 is 9.18 Å². The van der Waals surface area contributed by atoms with Gasteiger partial charge in [0, 0.05) is 10.0 Å². The van der Waals surface area contributed by atoms with Crippen molar-refractivity contribution >= 4 is 32.8 Å². The van der Waals surface area contributed by atoms with Crippen molar-refractivity contribution in [1.82, 2.24) is 0 Å². The summed E-state index contributed by atoms with van der Waals surface area (Å²) in [4.78, 5) is 11.7. The Labute approximate surface area is 107 Å². The Morgan fingerprint density at radius 2 is 2.00 bits per heavy atom. The monoisotopic (exact) mass is 304 g/mol. The summed E-state index contributed by atoms with van der Waals surface area (Å²) in [5.74, 6) is -0.356. The third-order valence-corrected chi connectivity index (χ3v) is 4.30. The summed E-state index contributed by atoms with van der Waals surface area (Å²) >= 11 is 9.00. The fourth-order valence-corrected chi connectivity index (χ4v) is 3.48. The van der Waals surface area contributed by atoms with Gasteiger partial charge >= 0.3 is 0 Å². The predicted molar refractivity (Wildman–Crippen MR) is 65.1 cm³/mol. The summed E-state index contributed by atoms with van der Waals surface area (Å²) in [7, 11) is 0. The van der Waals surface area contributed by atoms with E-state index >= 15 is 0 Å². The molecule has 0 atom stereocenters. The van der Waals surface area contributed by atoms with Crippen molar-refractivity contribution in [1.29, 1.82) is 0 Å². The van der Waals surface area contributed by atoms with E-state index in [4.69, 9.17) is 11.6 Å². The highest BCUT2D eigenvalue weighted by Crippen LogP contribution is 2.46. The van der Waals surface area contributed by atoms with Crippen LogP contribution in [0.2, 0.25) is 0 Å². The smallest absolute Gasteiger partial charge is 0.232 e. The number of carbonyl (C=O) groups excluding carboxylic acids is 1. The van der Waals surface area contributed by atoms with E-state index in [1.54, 1.807) is 12.1 Å². The van der Waals surface area contributed by atoms with Crippen LogP contribution in [0.15, 0.2) is 22.7 Å². The second kappa shape index (κ2) is 4.46. The van der Waals surface area contributed by atoms with Gasteiger partial charge in [0.05, 0.1) is 5.41 Å². The molecule has 0 saturated heterocycles. The van der Waals surface area contributed by atoms with Crippen LogP contribution in [0, 0.1) is 5.82 Å². The van der Waals surface area contributed by atoms with Crippen LogP contribution in [-0.2, 0) is 10.2 Å². The van der Waals surface area contributed by atoms with Gasteiger partial charge in [-0.2, -0.15) is 0 Å². The lowest BCUT2D eigenvalue weighted by atomic mass is 9.80. The Morgan fingerprint density at radius 1 is 1.38 bits per heavy atom. The van der Waals surface area contributed by atoms with Gasteiger partial charge in [-0.3, -0.25) is 4.79 Å². The fraction of sp³-hybridized carbons (Fsp3) is 0.417. The lowest BCUT2D eigenvalue weighted by Gasteiger charge is -2.26. The maximum absolute atomic E-state index is 13.9. The zero-order valence-corrected chi connectivity index (χ0v) is 10.9. The third-order valence-electron chi connectivity index (χ3n) is 3.27. The van der Waals surface area contributed by atoms with Crippen LogP contribution in [0.4, 0.5) is 4.39 Å². The molecular weight excluding hydrogens is 294 g/mol. The van der Waals surface area contributed by atoms with Gasteiger partial charge in [0.1, 0.15) is 5.82 Å².